The van der Waals surface area contributed by atoms with Gasteiger partial charge >= 0.3 is 0 Å². The van der Waals surface area contributed by atoms with Gasteiger partial charge in [0.05, 0.1) is 23.5 Å². The van der Waals surface area contributed by atoms with Crippen molar-refractivity contribution in [3.05, 3.63) is 34.9 Å². The highest BCUT2D eigenvalue weighted by Crippen LogP contribution is 2.13. The zero-order valence-electron chi connectivity index (χ0n) is 11.7. The number of aromatic nitrogens is 4. The fourth-order valence-electron chi connectivity index (χ4n) is 2.13. The van der Waals surface area contributed by atoms with Gasteiger partial charge in [-0.1, -0.05) is 0 Å². The van der Waals surface area contributed by atoms with E-state index in [0.29, 0.717) is 23.5 Å². The monoisotopic (exact) mass is 275 g/mol. The number of aromatic amines is 1. The van der Waals surface area contributed by atoms with E-state index in [9.17, 15) is 9.59 Å². The molecule has 0 aliphatic heterocycles. The fraction of sp³-hybridized carbons (Fsp3) is 0.385. The largest absolute Gasteiger partial charge is 0.349 e. The summed E-state index contributed by atoms with van der Waals surface area (Å²) in [6.07, 6.45) is 1.63. The normalized spacial score (nSPS) is 10.6. The van der Waals surface area contributed by atoms with Crippen molar-refractivity contribution in [1.29, 1.82) is 0 Å². The lowest BCUT2D eigenvalue weighted by Crippen LogP contribution is -2.28. The topological polar surface area (TPSA) is 92.7 Å². The van der Waals surface area contributed by atoms with Gasteiger partial charge in [-0.15, -0.1) is 0 Å². The molecule has 2 heterocycles. The Morgan fingerprint density at radius 3 is 2.70 bits per heavy atom. The molecular weight excluding hydrogens is 258 g/mol. The number of nitrogens with one attached hydrogen (secondary N) is 2. The second-order valence-electron chi connectivity index (χ2n) is 4.62. The first-order valence-corrected chi connectivity index (χ1v) is 6.29. The van der Waals surface area contributed by atoms with Crippen molar-refractivity contribution in [2.45, 2.75) is 33.9 Å². The third kappa shape index (κ3) is 2.93. The molecule has 0 unspecified atom stereocenters. The lowest BCUT2D eigenvalue weighted by atomic mass is 10.1. The first-order chi connectivity index (χ1) is 9.49. The van der Waals surface area contributed by atoms with Crippen molar-refractivity contribution in [3.63, 3.8) is 0 Å². The quantitative estimate of drug-likeness (QED) is 0.787. The van der Waals surface area contributed by atoms with E-state index in [1.807, 2.05) is 0 Å². The second-order valence-corrected chi connectivity index (χ2v) is 4.62. The number of carbonyl (C=O) groups is 2. The van der Waals surface area contributed by atoms with E-state index < -0.39 is 0 Å². The Hall–Kier alpha value is -2.44. The molecule has 2 aromatic rings. The van der Waals surface area contributed by atoms with Crippen LogP contribution in [0.15, 0.2) is 12.3 Å². The van der Waals surface area contributed by atoms with E-state index >= 15 is 0 Å². The van der Waals surface area contributed by atoms with Crippen molar-refractivity contribution < 1.29 is 9.59 Å². The second kappa shape index (κ2) is 5.68. The van der Waals surface area contributed by atoms with E-state index in [0.717, 1.165) is 5.69 Å². The highest BCUT2D eigenvalue weighted by Gasteiger charge is 2.16. The summed E-state index contributed by atoms with van der Waals surface area (Å²) in [7, 11) is 0. The minimum atomic E-state index is -0.166. The van der Waals surface area contributed by atoms with E-state index in [-0.39, 0.29) is 18.2 Å². The maximum atomic E-state index is 11.9. The third-order valence-corrected chi connectivity index (χ3v) is 3.06. The average Bonchev–Trinajstić information content (AvgIpc) is 2.96. The number of aryl methyl sites for hydroxylation is 1. The van der Waals surface area contributed by atoms with Crippen molar-refractivity contribution >= 4 is 11.7 Å². The zero-order chi connectivity index (χ0) is 14.7. The van der Waals surface area contributed by atoms with Crippen LogP contribution >= 0.6 is 0 Å². The van der Waals surface area contributed by atoms with Crippen molar-refractivity contribution in [2.75, 3.05) is 0 Å². The Bertz CT molecular complexity index is 627. The lowest BCUT2D eigenvalue weighted by Gasteiger charge is -2.06. The molecule has 0 fully saturated rings. The third-order valence-electron chi connectivity index (χ3n) is 3.06. The molecule has 7 heteroatoms. The number of carbonyl (C=O) groups excluding carboxylic acids is 2. The summed E-state index contributed by atoms with van der Waals surface area (Å²) in [6.45, 7) is 5.53. The van der Waals surface area contributed by atoms with Gasteiger partial charge in [0, 0.05) is 11.9 Å². The summed E-state index contributed by atoms with van der Waals surface area (Å²) in [5.41, 5.74) is 2.78. The van der Waals surface area contributed by atoms with Gasteiger partial charge in [0.15, 0.2) is 5.78 Å². The molecule has 0 aliphatic carbocycles. The standard InChI is InChI=1S/C13H17N5O2/c1-8-13(10(3)19)9(2)18(17-8)7-12(20)14-6-11-4-5-15-16-11/h4-5H,6-7H2,1-3H3,(H,14,20)(H,15,16). The smallest absolute Gasteiger partial charge is 0.242 e. The van der Waals surface area contributed by atoms with Gasteiger partial charge in [-0.3, -0.25) is 19.4 Å². The first-order valence-electron chi connectivity index (χ1n) is 6.29. The summed E-state index contributed by atoms with van der Waals surface area (Å²) in [5, 5.41) is 13.6. The Labute approximate surface area is 116 Å². The summed E-state index contributed by atoms with van der Waals surface area (Å²) in [5.74, 6) is -0.204. The van der Waals surface area contributed by atoms with Gasteiger partial charge < -0.3 is 5.32 Å². The van der Waals surface area contributed by atoms with Gasteiger partial charge in [-0.05, 0) is 26.8 Å². The summed E-state index contributed by atoms with van der Waals surface area (Å²) in [6, 6.07) is 1.79. The Morgan fingerprint density at radius 2 is 2.15 bits per heavy atom. The fourth-order valence-corrected chi connectivity index (χ4v) is 2.13. The molecule has 7 nitrogen and oxygen atoms in total. The molecule has 0 aliphatic rings. The molecule has 0 radical (unpaired) electrons. The Balaban J connectivity index is 2.01. The van der Waals surface area contributed by atoms with E-state index in [2.05, 4.69) is 20.6 Å². The number of rotatable bonds is 5. The van der Waals surface area contributed by atoms with Crippen molar-refractivity contribution in [3.8, 4) is 0 Å². The van der Waals surface area contributed by atoms with Gasteiger partial charge in [-0.25, -0.2) is 0 Å². The zero-order valence-corrected chi connectivity index (χ0v) is 11.7. The number of amides is 1. The van der Waals surface area contributed by atoms with Crippen LogP contribution < -0.4 is 5.32 Å². The minimum absolute atomic E-state index is 0.0379. The molecule has 2 aromatic heterocycles. The molecule has 20 heavy (non-hydrogen) atoms. The van der Waals surface area contributed by atoms with Gasteiger partial charge in [-0.2, -0.15) is 10.2 Å². The number of nitrogens with zero attached hydrogens (tertiary/aromatic N) is 3. The summed E-state index contributed by atoms with van der Waals surface area (Å²) < 4.78 is 1.55. The molecule has 1 amide bonds. The molecule has 0 spiro atoms. The molecule has 0 saturated carbocycles. The van der Waals surface area contributed by atoms with Crippen molar-refractivity contribution in [1.82, 2.24) is 25.3 Å². The van der Waals surface area contributed by atoms with Crippen LogP contribution in [0.5, 0.6) is 0 Å². The molecule has 0 saturated heterocycles. The van der Waals surface area contributed by atoms with Crippen LogP contribution in [-0.4, -0.2) is 31.7 Å². The first kappa shape index (κ1) is 14.0. The van der Waals surface area contributed by atoms with Crippen LogP contribution in [0.1, 0.15) is 34.4 Å². The maximum absolute atomic E-state index is 11.9. The highest BCUT2D eigenvalue weighted by molar-refractivity contribution is 5.96. The van der Waals surface area contributed by atoms with Crippen LogP contribution in [-0.2, 0) is 17.9 Å². The molecule has 106 valence electrons. The highest BCUT2D eigenvalue weighted by atomic mass is 16.2. The van der Waals surface area contributed by atoms with E-state index in [4.69, 9.17) is 0 Å². The SMILES string of the molecule is CC(=O)c1c(C)nn(CC(=O)NCc2ccn[nH]2)c1C. The molecular formula is C13H17N5O2. The summed E-state index contributed by atoms with van der Waals surface area (Å²) >= 11 is 0. The minimum Gasteiger partial charge on any atom is -0.349 e. The number of hydrogen-bond acceptors (Lipinski definition) is 4. The van der Waals surface area contributed by atoms with Crippen LogP contribution in [0.25, 0.3) is 0 Å². The van der Waals surface area contributed by atoms with Crippen LogP contribution in [0.4, 0.5) is 0 Å². The van der Waals surface area contributed by atoms with Crippen molar-refractivity contribution in [2.24, 2.45) is 0 Å². The average molecular weight is 275 g/mol. The Morgan fingerprint density at radius 1 is 1.40 bits per heavy atom. The lowest BCUT2D eigenvalue weighted by molar-refractivity contribution is -0.122. The Kier molecular flexibility index (Phi) is 3.97. The summed E-state index contributed by atoms with van der Waals surface area (Å²) in [4.78, 5) is 23.4. The number of ketones is 1. The maximum Gasteiger partial charge on any atom is 0.242 e. The van der Waals surface area contributed by atoms with Gasteiger partial charge in [0.2, 0.25) is 5.91 Å². The molecule has 0 bridgehead atoms. The van der Waals surface area contributed by atoms with E-state index in [1.54, 1.807) is 30.8 Å². The van der Waals surface area contributed by atoms with Crippen LogP contribution in [0.2, 0.25) is 0 Å². The number of Topliss-reactive ketones (excluding diaryl/α,β-unsaturated/α-hetero) is 1. The molecule has 0 atom stereocenters. The van der Waals surface area contributed by atoms with E-state index in [1.165, 1.54) is 6.92 Å². The predicted molar refractivity (Wildman–Crippen MR) is 72.1 cm³/mol. The predicted octanol–water partition coefficient (Wildman–Crippen LogP) is 0.742. The van der Waals surface area contributed by atoms with Gasteiger partial charge in [0.25, 0.3) is 0 Å². The molecule has 2 N–H and O–H groups in total. The van der Waals surface area contributed by atoms with Gasteiger partial charge in [0.1, 0.15) is 6.54 Å². The molecule has 2 rings (SSSR count). The van der Waals surface area contributed by atoms with Crippen LogP contribution in [0.3, 0.4) is 0 Å². The van der Waals surface area contributed by atoms with Crippen LogP contribution in [0, 0.1) is 13.8 Å². The molecule has 0 aromatic carbocycles. The number of H-pyrrole nitrogens is 1. The number of hydrogen-bond donors (Lipinski definition) is 2.